The van der Waals surface area contributed by atoms with E-state index in [0.717, 1.165) is 44.5 Å². The van der Waals surface area contributed by atoms with Crippen LogP contribution in [0.2, 0.25) is 0 Å². The van der Waals surface area contributed by atoms with Crippen molar-refractivity contribution in [2.24, 2.45) is 0 Å². The molecule has 2 aromatic rings. The Morgan fingerprint density at radius 1 is 1.20 bits per heavy atom. The molecule has 0 radical (unpaired) electrons. The molecular formula is C19H24N4O2. The van der Waals surface area contributed by atoms with Gasteiger partial charge in [0.15, 0.2) is 5.82 Å². The van der Waals surface area contributed by atoms with Crippen molar-refractivity contribution in [2.75, 3.05) is 38.7 Å². The summed E-state index contributed by atoms with van der Waals surface area (Å²) < 4.78 is 5.07. The van der Waals surface area contributed by atoms with Crippen molar-refractivity contribution in [2.45, 2.75) is 19.3 Å². The van der Waals surface area contributed by atoms with Gasteiger partial charge in [0.1, 0.15) is 11.5 Å². The van der Waals surface area contributed by atoms with Crippen LogP contribution < -0.4 is 5.32 Å². The summed E-state index contributed by atoms with van der Waals surface area (Å²) in [4.78, 5) is 23.7. The zero-order valence-electron chi connectivity index (χ0n) is 14.6. The summed E-state index contributed by atoms with van der Waals surface area (Å²) in [5.74, 6) is 1.23. The lowest BCUT2D eigenvalue weighted by Crippen LogP contribution is -2.28. The van der Waals surface area contributed by atoms with E-state index in [2.05, 4.69) is 15.3 Å². The van der Waals surface area contributed by atoms with Crippen LogP contribution in [0.15, 0.2) is 36.4 Å². The van der Waals surface area contributed by atoms with Gasteiger partial charge in [-0.15, -0.1) is 0 Å². The molecule has 0 bridgehead atoms. The van der Waals surface area contributed by atoms with Crippen LogP contribution in [0.1, 0.15) is 29.8 Å². The molecule has 0 atom stereocenters. The Morgan fingerprint density at radius 2 is 1.96 bits per heavy atom. The molecule has 1 saturated heterocycles. The van der Waals surface area contributed by atoms with Crippen molar-refractivity contribution in [3.63, 3.8) is 0 Å². The van der Waals surface area contributed by atoms with Gasteiger partial charge in [0.05, 0.1) is 0 Å². The molecule has 1 aromatic carbocycles. The van der Waals surface area contributed by atoms with Gasteiger partial charge in [0.25, 0.3) is 5.91 Å². The fourth-order valence-electron chi connectivity index (χ4n) is 2.88. The maximum absolute atomic E-state index is 12.7. The minimum Gasteiger partial charge on any atom is -0.385 e. The van der Waals surface area contributed by atoms with Gasteiger partial charge in [-0.2, -0.15) is 0 Å². The maximum Gasteiger partial charge on any atom is 0.272 e. The first-order valence-corrected chi connectivity index (χ1v) is 8.74. The van der Waals surface area contributed by atoms with E-state index in [1.165, 1.54) is 0 Å². The van der Waals surface area contributed by atoms with E-state index >= 15 is 0 Å². The number of aromatic nitrogens is 2. The third-order valence-electron chi connectivity index (χ3n) is 4.20. The number of methoxy groups -OCH3 is 1. The van der Waals surface area contributed by atoms with Crippen LogP contribution in [0, 0.1) is 0 Å². The van der Waals surface area contributed by atoms with Crippen molar-refractivity contribution in [3.05, 3.63) is 42.1 Å². The smallest absolute Gasteiger partial charge is 0.272 e. The van der Waals surface area contributed by atoms with E-state index < -0.39 is 0 Å². The van der Waals surface area contributed by atoms with E-state index in [1.54, 1.807) is 13.2 Å². The lowest BCUT2D eigenvalue weighted by atomic mass is 10.2. The third kappa shape index (κ3) is 4.54. The van der Waals surface area contributed by atoms with Crippen molar-refractivity contribution in [1.29, 1.82) is 0 Å². The second-order valence-electron chi connectivity index (χ2n) is 6.10. The minimum absolute atomic E-state index is 0.0166. The quantitative estimate of drug-likeness (QED) is 0.785. The number of hydrogen-bond donors (Lipinski definition) is 1. The second kappa shape index (κ2) is 8.58. The Bertz CT molecular complexity index is 700. The number of carbonyl (C=O) groups is 1. The van der Waals surface area contributed by atoms with Gasteiger partial charge in [0, 0.05) is 45.0 Å². The Kier molecular flexibility index (Phi) is 5.95. The van der Waals surface area contributed by atoms with Crippen LogP contribution >= 0.6 is 0 Å². The number of nitrogens with zero attached hydrogens (tertiary/aromatic N) is 3. The van der Waals surface area contributed by atoms with Crippen LogP contribution in [0.25, 0.3) is 11.4 Å². The predicted octanol–water partition coefficient (Wildman–Crippen LogP) is 2.83. The van der Waals surface area contributed by atoms with Crippen LogP contribution in [0.3, 0.4) is 0 Å². The number of amides is 1. The molecule has 3 rings (SSSR count). The molecule has 1 amide bonds. The first kappa shape index (κ1) is 17.4. The number of nitrogens with one attached hydrogen (secondary N) is 1. The monoisotopic (exact) mass is 340 g/mol. The minimum atomic E-state index is -0.0166. The molecule has 0 saturated carbocycles. The standard InChI is InChI=1S/C19H24N4O2/c1-25-13-7-10-20-17-14-16(19(24)23-11-5-6-12-23)21-18(22-17)15-8-3-2-4-9-15/h2-4,8-9,14H,5-7,10-13H2,1H3,(H,20,21,22). The molecule has 6 heteroatoms. The first-order valence-electron chi connectivity index (χ1n) is 8.74. The highest BCUT2D eigenvalue weighted by Gasteiger charge is 2.22. The van der Waals surface area contributed by atoms with Gasteiger partial charge in [-0.3, -0.25) is 4.79 Å². The van der Waals surface area contributed by atoms with Gasteiger partial charge in [-0.1, -0.05) is 30.3 Å². The number of anilines is 1. The van der Waals surface area contributed by atoms with Gasteiger partial charge in [-0.25, -0.2) is 9.97 Å². The Labute approximate surface area is 148 Å². The van der Waals surface area contributed by atoms with Gasteiger partial charge >= 0.3 is 0 Å². The Hall–Kier alpha value is -2.47. The average Bonchev–Trinajstić information content (AvgIpc) is 3.20. The van der Waals surface area contributed by atoms with E-state index in [9.17, 15) is 4.79 Å². The summed E-state index contributed by atoms with van der Waals surface area (Å²) in [6, 6.07) is 11.5. The first-order chi connectivity index (χ1) is 12.3. The topological polar surface area (TPSA) is 67.3 Å². The van der Waals surface area contributed by atoms with Crippen LogP contribution in [0.4, 0.5) is 5.82 Å². The van der Waals surface area contributed by atoms with E-state index in [1.807, 2.05) is 35.2 Å². The summed E-state index contributed by atoms with van der Waals surface area (Å²) in [5.41, 5.74) is 1.35. The highest BCUT2D eigenvalue weighted by Crippen LogP contribution is 2.20. The lowest BCUT2D eigenvalue weighted by Gasteiger charge is -2.16. The van der Waals surface area contributed by atoms with Crippen molar-refractivity contribution < 1.29 is 9.53 Å². The largest absolute Gasteiger partial charge is 0.385 e. The molecule has 0 unspecified atom stereocenters. The number of rotatable bonds is 7. The summed E-state index contributed by atoms with van der Waals surface area (Å²) in [6.45, 7) is 3.03. The van der Waals surface area contributed by atoms with Crippen molar-refractivity contribution in [3.8, 4) is 11.4 Å². The number of benzene rings is 1. The number of likely N-dealkylation sites (tertiary alicyclic amines) is 1. The Balaban J connectivity index is 1.86. The molecule has 25 heavy (non-hydrogen) atoms. The predicted molar refractivity (Wildman–Crippen MR) is 97.6 cm³/mol. The molecule has 132 valence electrons. The molecule has 2 heterocycles. The van der Waals surface area contributed by atoms with E-state index in [-0.39, 0.29) is 5.91 Å². The fraction of sp³-hybridized carbons (Fsp3) is 0.421. The van der Waals surface area contributed by atoms with E-state index in [0.29, 0.717) is 23.9 Å². The number of hydrogen-bond acceptors (Lipinski definition) is 5. The van der Waals surface area contributed by atoms with Gasteiger partial charge in [0.2, 0.25) is 0 Å². The number of ether oxygens (including phenoxy) is 1. The maximum atomic E-state index is 12.7. The van der Waals surface area contributed by atoms with Gasteiger partial charge < -0.3 is 15.0 Å². The molecule has 1 aromatic heterocycles. The molecule has 0 spiro atoms. The number of carbonyl (C=O) groups excluding carboxylic acids is 1. The average molecular weight is 340 g/mol. The van der Waals surface area contributed by atoms with Gasteiger partial charge in [-0.05, 0) is 19.3 Å². The lowest BCUT2D eigenvalue weighted by molar-refractivity contribution is 0.0787. The molecular weight excluding hydrogens is 316 g/mol. The zero-order chi connectivity index (χ0) is 17.5. The van der Waals surface area contributed by atoms with Crippen LogP contribution in [0.5, 0.6) is 0 Å². The third-order valence-corrected chi connectivity index (χ3v) is 4.20. The molecule has 1 N–H and O–H groups in total. The molecule has 0 aliphatic carbocycles. The molecule has 1 aliphatic heterocycles. The summed E-state index contributed by atoms with van der Waals surface area (Å²) in [7, 11) is 1.69. The summed E-state index contributed by atoms with van der Waals surface area (Å²) >= 11 is 0. The fourth-order valence-corrected chi connectivity index (χ4v) is 2.88. The van der Waals surface area contributed by atoms with Crippen molar-refractivity contribution >= 4 is 11.7 Å². The normalized spacial score (nSPS) is 13.9. The molecule has 6 nitrogen and oxygen atoms in total. The second-order valence-corrected chi connectivity index (χ2v) is 6.10. The Morgan fingerprint density at radius 3 is 2.68 bits per heavy atom. The highest BCUT2D eigenvalue weighted by molar-refractivity contribution is 5.93. The van der Waals surface area contributed by atoms with Crippen LogP contribution in [-0.4, -0.2) is 54.1 Å². The molecule has 1 aliphatic rings. The molecule has 1 fully saturated rings. The summed E-state index contributed by atoms with van der Waals surface area (Å²) in [5, 5.41) is 3.27. The van der Waals surface area contributed by atoms with E-state index in [4.69, 9.17) is 4.74 Å². The summed E-state index contributed by atoms with van der Waals surface area (Å²) in [6.07, 6.45) is 2.99. The highest BCUT2D eigenvalue weighted by atomic mass is 16.5. The SMILES string of the molecule is COCCCNc1cc(C(=O)N2CCCC2)nc(-c2ccccc2)n1. The zero-order valence-corrected chi connectivity index (χ0v) is 14.6. The van der Waals surface area contributed by atoms with Crippen LogP contribution in [-0.2, 0) is 4.74 Å². The van der Waals surface area contributed by atoms with Crippen molar-refractivity contribution in [1.82, 2.24) is 14.9 Å².